The van der Waals surface area contributed by atoms with Crippen molar-refractivity contribution in [2.75, 3.05) is 13.1 Å². The van der Waals surface area contributed by atoms with Crippen molar-refractivity contribution in [3.8, 4) is 0 Å². The molecule has 1 aliphatic heterocycles. The molecule has 1 fully saturated rings. The quantitative estimate of drug-likeness (QED) is 0.708. The number of pyridine rings is 1. The molecule has 1 aromatic carbocycles. The van der Waals surface area contributed by atoms with E-state index in [9.17, 15) is 9.90 Å². The summed E-state index contributed by atoms with van der Waals surface area (Å²) >= 11 is 0. The van der Waals surface area contributed by atoms with E-state index in [4.69, 9.17) is 4.98 Å². The Morgan fingerprint density at radius 1 is 1.22 bits per heavy atom. The molecule has 1 saturated heterocycles. The van der Waals surface area contributed by atoms with Gasteiger partial charge in [0.25, 0.3) is 0 Å². The van der Waals surface area contributed by atoms with Crippen LogP contribution in [0.5, 0.6) is 0 Å². The van der Waals surface area contributed by atoms with Crippen molar-refractivity contribution in [3.05, 3.63) is 65.6 Å². The molecule has 0 radical (unpaired) electrons. The molecule has 140 valence electrons. The van der Waals surface area contributed by atoms with E-state index in [1.54, 1.807) is 6.92 Å². The molecule has 5 heteroatoms. The van der Waals surface area contributed by atoms with Crippen LogP contribution < -0.4 is 0 Å². The number of β-amino-alcohol motifs (C(OH)–C–C–N with tert-alkyl or cyclic N) is 1. The highest BCUT2D eigenvalue weighted by Crippen LogP contribution is 2.24. The van der Waals surface area contributed by atoms with Crippen LogP contribution in [-0.2, 0) is 20.0 Å². The number of nitrogens with zero attached hydrogens (tertiary/aromatic N) is 3. The number of benzene rings is 1. The van der Waals surface area contributed by atoms with Crippen molar-refractivity contribution in [2.45, 2.75) is 26.0 Å². The standard InChI is InChI=1S/C22H25N3O2/c1-15(26)17-10-20(24(2)11-17)13-25-12-18(22(27)14-25)9-19-8-7-16-5-3-4-6-21(16)23-19/h3-8,10-11,18,22,27H,9,12-14H2,1-2H3/t18-,22-/m1/s1. The normalized spacial score (nSPS) is 20.4. The number of hydrogen-bond donors (Lipinski definition) is 1. The Morgan fingerprint density at radius 3 is 2.81 bits per heavy atom. The SMILES string of the molecule is CC(=O)c1cc(CN2C[C@@H](Cc3ccc4ccccc4n3)[C@H](O)C2)n(C)c1. The van der Waals surface area contributed by atoms with E-state index in [-0.39, 0.29) is 17.8 Å². The smallest absolute Gasteiger partial charge is 0.161 e. The number of hydrogen-bond acceptors (Lipinski definition) is 4. The Hall–Kier alpha value is -2.50. The van der Waals surface area contributed by atoms with E-state index in [0.717, 1.165) is 47.4 Å². The van der Waals surface area contributed by atoms with Crippen LogP contribution in [0.15, 0.2) is 48.7 Å². The van der Waals surface area contributed by atoms with Crippen LogP contribution >= 0.6 is 0 Å². The molecule has 0 unspecified atom stereocenters. The molecule has 2 atom stereocenters. The molecular weight excluding hydrogens is 338 g/mol. The van der Waals surface area contributed by atoms with Gasteiger partial charge in [-0.2, -0.15) is 0 Å². The van der Waals surface area contributed by atoms with Gasteiger partial charge in [0.1, 0.15) is 0 Å². The van der Waals surface area contributed by atoms with Gasteiger partial charge >= 0.3 is 0 Å². The van der Waals surface area contributed by atoms with Gasteiger partial charge in [-0.05, 0) is 31.5 Å². The Bertz CT molecular complexity index is 979. The highest BCUT2D eigenvalue weighted by molar-refractivity contribution is 5.94. The summed E-state index contributed by atoms with van der Waals surface area (Å²) in [5.74, 6) is 0.254. The Kier molecular flexibility index (Phi) is 4.81. The summed E-state index contributed by atoms with van der Waals surface area (Å²) in [6.45, 7) is 3.81. The van der Waals surface area contributed by atoms with Crippen LogP contribution in [0.3, 0.4) is 0 Å². The van der Waals surface area contributed by atoms with E-state index >= 15 is 0 Å². The lowest BCUT2D eigenvalue weighted by Gasteiger charge is -2.16. The number of likely N-dealkylation sites (tertiary alicyclic amines) is 1. The second-order valence-electron chi connectivity index (χ2n) is 7.61. The zero-order valence-electron chi connectivity index (χ0n) is 15.8. The zero-order valence-corrected chi connectivity index (χ0v) is 15.8. The maximum absolute atomic E-state index is 11.6. The number of Topliss-reactive ketones (excluding diaryl/α,β-unsaturated/α-hetero) is 1. The Balaban J connectivity index is 1.44. The maximum atomic E-state index is 11.6. The molecule has 0 bridgehead atoms. The third-order valence-electron chi connectivity index (χ3n) is 5.51. The van der Waals surface area contributed by atoms with Crippen LogP contribution in [0.2, 0.25) is 0 Å². The van der Waals surface area contributed by atoms with Gasteiger partial charge in [-0.25, -0.2) is 0 Å². The number of aryl methyl sites for hydroxylation is 1. The summed E-state index contributed by atoms with van der Waals surface area (Å²) in [6.07, 6.45) is 2.29. The number of rotatable bonds is 5. The second-order valence-corrected chi connectivity index (χ2v) is 7.61. The lowest BCUT2D eigenvalue weighted by atomic mass is 9.99. The van der Waals surface area contributed by atoms with Gasteiger partial charge in [-0.3, -0.25) is 14.7 Å². The molecular formula is C22H25N3O2. The molecule has 1 aliphatic rings. The van der Waals surface area contributed by atoms with Gasteiger partial charge in [0.15, 0.2) is 5.78 Å². The second kappa shape index (κ2) is 7.25. The third-order valence-corrected chi connectivity index (χ3v) is 5.51. The highest BCUT2D eigenvalue weighted by atomic mass is 16.3. The lowest BCUT2D eigenvalue weighted by molar-refractivity contribution is 0.101. The molecule has 3 heterocycles. The predicted molar refractivity (Wildman–Crippen MR) is 106 cm³/mol. The number of ketones is 1. The Labute approximate surface area is 159 Å². The molecule has 0 spiro atoms. The summed E-state index contributed by atoms with van der Waals surface area (Å²) in [5.41, 5.74) is 3.86. The fraction of sp³-hybridized carbons (Fsp3) is 0.364. The van der Waals surface area contributed by atoms with Crippen molar-refractivity contribution in [1.29, 1.82) is 0 Å². The van der Waals surface area contributed by atoms with Crippen LogP contribution in [0.4, 0.5) is 0 Å². The van der Waals surface area contributed by atoms with E-state index < -0.39 is 0 Å². The largest absolute Gasteiger partial charge is 0.391 e. The lowest BCUT2D eigenvalue weighted by Crippen LogP contribution is -2.22. The van der Waals surface area contributed by atoms with Gasteiger partial charge in [0.2, 0.25) is 0 Å². The summed E-state index contributed by atoms with van der Waals surface area (Å²) < 4.78 is 2.00. The van der Waals surface area contributed by atoms with Crippen LogP contribution in [0.25, 0.3) is 10.9 Å². The number of carbonyl (C=O) groups is 1. The molecule has 3 aromatic rings. The summed E-state index contributed by atoms with van der Waals surface area (Å²) in [7, 11) is 1.96. The number of aromatic nitrogens is 2. The first-order chi connectivity index (χ1) is 13.0. The topological polar surface area (TPSA) is 58.4 Å². The van der Waals surface area contributed by atoms with E-state index in [1.807, 2.05) is 42.1 Å². The highest BCUT2D eigenvalue weighted by Gasteiger charge is 2.32. The van der Waals surface area contributed by atoms with Crippen molar-refractivity contribution < 1.29 is 9.90 Å². The van der Waals surface area contributed by atoms with Gasteiger partial charge in [0.05, 0.1) is 11.6 Å². The summed E-state index contributed by atoms with van der Waals surface area (Å²) in [5, 5.41) is 11.7. The van der Waals surface area contributed by atoms with Crippen molar-refractivity contribution in [2.24, 2.45) is 13.0 Å². The predicted octanol–water partition coefficient (Wildman–Crippen LogP) is 2.81. The first-order valence-electron chi connectivity index (χ1n) is 9.41. The average molecular weight is 363 g/mol. The van der Waals surface area contributed by atoms with Gasteiger partial charge < -0.3 is 9.67 Å². The molecule has 1 N–H and O–H groups in total. The molecule has 2 aromatic heterocycles. The van der Waals surface area contributed by atoms with Crippen molar-refractivity contribution in [3.63, 3.8) is 0 Å². The molecule has 0 saturated carbocycles. The van der Waals surface area contributed by atoms with E-state index in [1.165, 1.54) is 0 Å². The van der Waals surface area contributed by atoms with Gasteiger partial charge in [0, 0.05) is 61.1 Å². The van der Waals surface area contributed by atoms with Crippen molar-refractivity contribution >= 4 is 16.7 Å². The fourth-order valence-electron chi connectivity index (χ4n) is 3.95. The van der Waals surface area contributed by atoms with Crippen LogP contribution in [-0.4, -0.2) is 44.5 Å². The monoisotopic (exact) mass is 363 g/mol. The minimum Gasteiger partial charge on any atom is -0.391 e. The maximum Gasteiger partial charge on any atom is 0.161 e. The van der Waals surface area contributed by atoms with Gasteiger partial charge in [-0.1, -0.05) is 24.3 Å². The number of carbonyl (C=O) groups excluding carboxylic acids is 1. The minimum atomic E-state index is -0.356. The van der Waals surface area contributed by atoms with Crippen LogP contribution in [0.1, 0.15) is 28.7 Å². The van der Waals surface area contributed by atoms with E-state index in [0.29, 0.717) is 6.54 Å². The number of fused-ring (bicyclic) bond motifs is 1. The first-order valence-corrected chi connectivity index (χ1v) is 9.41. The molecule has 5 nitrogen and oxygen atoms in total. The summed E-state index contributed by atoms with van der Waals surface area (Å²) in [4.78, 5) is 18.6. The Morgan fingerprint density at radius 2 is 2.04 bits per heavy atom. The molecule has 0 aliphatic carbocycles. The molecule has 27 heavy (non-hydrogen) atoms. The number of aliphatic hydroxyl groups is 1. The summed E-state index contributed by atoms with van der Waals surface area (Å²) in [6, 6.07) is 14.2. The van der Waals surface area contributed by atoms with Crippen molar-refractivity contribution in [1.82, 2.24) is 14.5 Å². The van der Waals surface area contributed by atoms with Crippen LogP contribution in [0, 0.1) is 5.92 Å². The molecule has 0 amide bonds. The molecule has 4 rings (SSSR count). The average Bonchev–Trinajstić information content (AvgIpc) is 3.18. The number of para-hydroxylation sites is 1. The first kappa shape index (κ1) is 17.9. The van der Waals surface area contributed by atoms with Gasteiger partial charge in [-0.15, -0.1) is 0 Å². The minimum absolute atomic E-state index is 0.0820. The zero-order chi connectivity index (χ0) is 19.0. The fourth-order valence-corrected chi connectivity index (χ4v) is 3.95. The van der Waals surface area contributed by atoms with E-state index in [2.05, 4.69) is 23.1 Å². The third kappa shape index (κ3) is 3.80. The number of aliphatic hydroxyl groups excluding tert-OH is 1.